The number of rotatable bonds is 6. The maximum Gasteiger partial charge on any atom is 0.338 e. The standard InChI is InChI=1S/C20H18O4/c21-19(18-11-6-13-23-18)16-9-4-5-10-17(16)20(22)24-14-12-15-7-2-1-3-8-15/h1-5,7-11H,6,12-14H2. The van der Waals surface area contributed by atoms with Crippen molar-refractivity contribution in [1.29, 1.82) is 0 Å². The SMILES string of the molecule is O=C(OCCc1ccccc1)c1ccccc1C(=O)C1=CCCO1. The zero-order valence-corrected chi connectivity index (χ0v) is 13.2. The van der Waals surface area contributed by atoms with E-state index >= 15 is 0 Å². The Balaban J connectivity index is 1.67. The number of allylic oxidation sites excluding steroid dienone is 1. The van der Waals surface area contributed by atoms with E-state index in [0.717, 1.165) is 5.56 Å². The van der Waals surface area contributed by atoms with Crippen molar-refractivity contribution in [2.45, 2.75) is 12.8 Å². The molecule has 0 aromatic heterocycles. The molecule has 122 valence electrons. The minimum absolute atomic E-state index is 0.268. The maximum absolute atomic E-state index is 12.5. The summed E-state index contributed by atoms with van der Waals surface area (Å²) < 4.78 is 10.6. The Morgan fingerprint density at radius 1 is 0.958 bits per heavy atom. The first-order valence-corrected chi connectivity index (χ1v) is 7.93. The summed E-state index contributed by atoms with van der Waals surface area (Å²) in [7, 11) is 0. The third kappa shape index (κ3) is 3.71. The summed E-state index contributed by atoms with van der Waals surface area (Å²) in [6, 6.07) is 16.5. The van der Waals surface area contributed by atoms with Gasteiger partial charge in [-0.1, -0.05) is 48.5 Å². The van der Waals surface area contributed by atoms with Crippen molar-refractivity contribution in [3.63, 3.8) is 0 Å². The second kappa shape index (κ2) is 7.59. The van der Waals surface area contributed by atoms with Crippen LogP contribution in [0.1, 0.15) is 32.7 Å². The Kier molecular flexibility index (Phi) is 5.06. The number of Topliss-reactive ketones (excluding diaryl/α,β-unsaturated/α-hetero) is 1. The lowest BCUT2D eigenvalue weighted by molar-refractivity contribution is 0.0506. The van der Waals surface area contributed by atoms with Crippen LogP contribution in [0, 0.1) is 0 Å². The van der Waals surface area contributed by atoms with Gasteiger partial charge in [-0.15, -0.1) is 0 Å². The van der Waals surface area contributed by atoms with Gasteiger partial charge in [0.2, 0.25) is 5.78 Å². The van der Waals surface area contributed by atoms with Crippen LogP contribution in [0.3, 0.4) is 0 Å². The zero-order chi connectivity index (χ0) is 16.8. The molecule has 0 aliphatic carbocycles. The number of ether oxygens (including phenoxy) is 2. The summed E-state index contributed by atoms with van der Waals surface area (Å²) in [6.07, 6.45) is 3.10. The molecule has 0 amide bonds. The molecule has 0 fully saturated rings. The van der Waals surface area contributed by atoms with Gasteiger partial charge in [0.05, 0.1) is 18.8 Å². The highest BCUT2D eigenvalue weighted by Crippen LogP contribution is 2.19. The van der Waals surface area contributed by atoms with E-state index in [9.17, 15) is 9.59 Å². The molecule has 2 aromatic rings. The molecule has 3 rings (SSSR count). The first-order chi connectivity index (χ1) is 11.8. The monoisotopic (exact) mass is 322 g/mol. The van der Waals surface area contributed by atoms with Gasteiger partial charge in [-0.05, 0) is 17.7 Å². The highest BCUT2D eigenvalue weighted by Gasteiger charge is 2.23. The zero-order valence-electron chi connectivity index (χ0n) is 13.2. The molecule has 0 spiro atoms. The van der Waals surface area contributed by atoms with E-state index in [1.807, 2.05) is 30.3 Å². The predicted octanol–water partition coefficient (Wildman–Crippen LogP) is 3.57. The summed E-state index contributed by atoms with van der Waals surface area (Å²) in [5.41, 5.74) is 1.68. The molecule has 0 N–H and O–H groups in total. The lowest BCUT2D eigenvalue weighted by Crippen LogP contribution is -2.14. The van der Waals surface area contributed by atoms with Crippen molar-refractivity contribution in [2.24, 2.45) is 0 Å². The van der Waals surface area contributed by atoms with E-state index in [1.54, 1.807) is 30.3 Å². The molecule has 4 heteroatoms. The molecule has 0 saturated heterocycles. The fourth-order valence-electron chi connectivity index (χ4n) is 2.55. The van der Waals surface area contributed by atoms with Gasteiger partial charge in [0.15, 0.2) is 5.76 Å². The Morgan fingerprint density at radius 3 is 2.38 bits per heavy atom. The number of ketones is 1. The maximum atomic E-state index is 12.5. The van der Waals surface area contributed by atoms with Gasteiger partial charge in [0.1, 0.15) is 0 Å². The van der Waals surface area contributed by atoms with E-state index < -0.39 is 5.97 Å². The quantitative estimate of drug-likeness (QED) is 0.602. The Morgan fingerprint density at radius 2 is 1.67 bits per heavy atom. The summed E-state index contributed by atoms with van der Waals surface area (Å²) in [4.78, 5) is 24.8. The predicted molar refractivity (Wildman–Crippen MR) is 89.9 cm³/mol. The number of benzene rings is 2. The fraction of sp³-hybridized carbons (Fsp3) is 0.200. The van der Waals surface area contributed by atoms with Crippen LogP contribution in [-0.2, 0) is 15.9 Å². The molecule has 2 aromatic carbocycles. The van der Waals surface area contributed by atoms with Crippen molar-refractivity contribution in [3.05, 3.63) is 83.1 Å². The summed E-state index contributed by atoms with van der Waals surface area (Å²) >= 11 is 0. The van der Waals surface area contributed by atoms with Crippen molar-refractivity contribution in [3.8, 4) is 0 Å². The average molecular weight is 322 g/mol. The van der Waals surface area contributed by atoms with Crippen LogP contribution in [0.15, 0.2) is 66.4 Å². The minimum atomic E-state index is -0.492. The third-order valence-corrected chi connectivity index (χ3v) is 3.79. The number of carbonyl (C=O) groups is 2. The van der Waals surface area contributed by atoms with Gasteiger partial charge in [-0.2, -0.15) is 0 Å². The van der Waals surface area contributed by atoms with E-state index in [4.69, 9.17) is 9.47 Å². The van der Waals surface area contributed by atoms with Gasteiger partial charge < -0.3 is 9.47 Å². The van der Waals surface area contributed by atoms with Crippen molar-refractivity contribution >= 4 is 11.8 Å². The van der Waals surface area contributed by atoms with Gasteiger partial charge in [-0.3, -0.25) is 4.79 Å². The summed E-state index contributed by atoms with van der Waals surface area (Å²) in [6.45, 7) is 0.773. The molecule has 0 bridgehead atoms. The van der Waals surface area contributed by atoms with Gasteiger partial charge in [-0.25, -0.2) is 4.79 Å². The second-order valence-corrected chi connectivity index (χ2v) is 5.45. The summed E-state index contributed by atoms with van der Waals surface area (Å²) in [5.74, 6) is -0.462. The molecule has 0 radical (unpaired) electrons. The van der Waals surface area contributed by atoms with Crippen LogP contribution in [-0.4, -0.2) is 25.0 Å². The second-order valence-electron chi connectivity index (χ2n) is 5.45. The number of esters is 1. The van der Waals surface area contributed by atoms with Crippen LogP contribution in [0.25, 0.3) is 0 Å². The van der Waals surface area contributed by atoms with Crippen molar-refractivity contribution < 1.29 is 19.1 Å². The average Bonchev–Trinajstić information content (AvgIpc) is 3.16. The van der Waals surface area contributed by atoms with E-state index in [2.05, 4.69) is 0 Å². The topological polar surface area (TPSA) is 52.6 Å². The molecule has 0 saturated carbocycles. The van der Waals surface area contributed by atoms with Gasteiger partial charge in [0, 0.05) is 18.4 Å². The number of carbonyl (C=O) groups excluding carboxylic acids is 2. The van der Waals surface area contributed by atoms with Crippen LogP contribution >= 0.6 is 0 Å². The van der Waals surface area contributed by atoms with E-state index in [0.29, 0.717) is 30.8 Å². The van der Waals surface area contributed by atoms with Crippen LogP contribution < -0.4 is 0 Å². The molecule has 1 heterocycles. The van der Waals surface area contributed by atoms with Gasteiger partial charge >= 0.3 is 5.97 Å². The Labute approximate surface area is 140 Å². The summed E-state index contributed by atoms with van der Waals surface area (Å²) in [5, 5.41) is 0. The lowest BCUT2D eigenvalue weighted by atomic mass is 10.0. The Bertz CT molecular complexity index is 762. The molecule has 4 nitrogen and oxygen atoms in total. The molecule has 0 atom stereocenters. The van der Waals surface area contributed by atoms with Crippen LogP contribution in [0.5, 0.6) is 0 Å². The fourth-order valence-corrected chi connectivity index (χ4v) is 2.55. The van der Waals surface area contributed by atoms with E-state index in [-0.39, 0.29) is 18.0 Å². The lowest BCUT2D eigenvalue weighted by Gasteiger charge is -2.09. The third-order valence-electron chi connectivity index (χ3n) is 3.79. The molecule has 1 aliphatic rings. The normalized spacial score (nSPS) is 13.1. The smallest absolute Gasteiger partial charge is 0.338 e. The van der Waals surface area contributed by atoms with Crippen LogP contribution in [0.2, 0.25) is 0 Å². The first kappa shape index (κ1) is 16.0. The van der Waals surface area contributed by atoms with Crippen molar-refractivity contribution in [2.75, 3.05) is 13.2 Å². The van der Waals surface area contributed by atoms with Gasteiger partial charge in [0.25, 0.3) is 0 Å². The van der Waals surface area contributed by atoms with Crippen molar-refractivity contribution in [1.82, 2.24) is 0 Å². The minimum Gasteiger partial charge on any atom is -0.489 e. The molecular formula is C20H18O4. The largest absolute Gasteiger partial charge is 0.489 e. The first-order valence-electron chi connectivity index (χ1n) is 7.93. The highest BCUT2D eigenvalue weighted by atomic mass is 16.5. The Hall–Kier alpha value is -2.88. The molecule has 1 aliphatic heterocycles. The number of hydrogen-bond acceptors (Lipinski definition) is 4. The highest BCUT2D eigenvalue weighted by molar-refractivity contribution is 6.13. The molecule has 0 unspecified atom stereocenters. The number of hydrogen-bond donors (Lipinski definition) is 0. The molecule has 24 heavy (non-hydrogen) atoms. The van der Waals surface area contributed by atoms with Crippen LogP contribution in [0.4, 0.5) is 0 Å². The molecular weight excluding hydrogens is 304 g/mol. The van der Waals surface area contributed by atoms with E-state index in [1.165, 1.54) is 0 Å².